The molecule has 8 heteroatoms. The highest BCUT2D eigenvalue weighted by atomic mass is 79.9. The highest BCUT2D eigenvalue weighted by Gasteiger charge is 2.38. The minimum Gasteiger partial charge on any atom is -0.354 e. The lowest BCUT2D eigenvalue weighted by Gasteiger charge is -2.09. The molecule has 0 aliphatic rings. The molecule has 0 saturated carbocycles. The van der Waals surface area contributed by atoms with Crippen LogP contribution in [-0.2, 0) is 16.0 Å². The molecule has 4 nitrogen and oxygen atoms in total. The van der Waals surface area contributed by atoms with E-state index in [0.29, 0.717) is 0 Å². The Labute approximate surface area is 121 Å². The molecule has 20 heavy (non-hydrogen) atoms. The van der Waals surface area contributed by atoms with Gasteiger partial charge in [0.05, 0.1) is 6.42 Å². The molecule has 110 valence electrons. The van der Waals surface area contributed by atoms with E-state index in [1.165, 1.54) is 0 Å². The number of carbonyl (C=O) groups is 2. The number of alkyl halides is 3. The van der Waals surface area contributed by atoms with Gasteiger partial charge in [-0.2, -0.15) is 13.2 Å². The van der Waals surface area contributed by atoms with Gasteiger partial charge in [0.15, 0.2) is 0 Å². The van der Waals surface area contributed by atoms with Crippen LogP contribution >= 0.6 is 15.9 Å². The first-order valence-electron chi connectivity index (χ1n) is 5.65. The standard InChI is InChI=1S/C12H12BrF3N2O2/c13-9-3-1-2-8(6-9)7-10(19)17-4-5-18-11(20)12(14,15)16/h1-3,6H,4-5,7H2,(H,17,19)(H,18,20). The lowest BCUT2D eigenvalue weighted by atomic mass is 10.1. The smallest absolute Gasteiger partial charge is 0.354 e. The zero-order valence-electron chi connectivity index (χ0n) is 10.3. The molecule has 0 heterocycles. The normalized spacial score (nSPS) is 11.0. The summed E-state index contributed by atoms with van der Waals surface area (Å²) in [5.74, 6) is -2.34. The van der Waals surface area contributed by atoms with E-state index in [0.717, 1.165) is 10.0 Å². The van der Waals surface area contributed by atoms with Gasteiger partial charge in [0.25, 0.3) is 0 Å². The van der Waals surface area contributed by atoms with Crippen molar-refractivity contribution in [1.29, 1.82) is 0 Å². The summed E-state index contributed by atoms with van der Waals surface area (Å²) in [6.45, 7) is -0.336. The summed E-state index contributed by atoms with van der Waals surface area (Å²) >= 11 is 3.26. The summed E-state index contributed by atoms with van der Waals surface area (Å²) in [6, 6.07) is 7.12. The molecule has 0 bridgehead atoms. The van der Waals surface area contributed by atoms with Gasteiger partial charge in [-0.3, -0.25) is 9.59 Å². The molecule has 0 aromatic heterocycles. The average molecular weight is 353 g/mol. The Bertz CT molecular complexity index is 492. The number of hydrogen-bond acceptors (Lipinski definition) is 2. The number of rotatable bonds is 5. The second-order valence-corrected chi connectivity index (χ2v) is 4.83. The highest BCUT2D eigenvalue weighted by Crippen LogP contribution is 2.13. The lowest BCUT2D eigenvalue weighted by Crippen LogP contribution is -2.41. The van der Waals surface area contributed by atoms with Gasteiger partial charge in [-0.25, -0.2) is 0 Å². The Morgan fingerprint density at radius 2 is 1.80 bits per heavy atom. The van der Waals surface area contributed by atoms with E-state index < -0.39 is 12.1 Å². The summed E-state index contributed by atoms with van der Waals surface area (Å²) in [6.07, 6.45) is -4.78. The molecule has 0 aliphatic carbocycles. The van der Waals surface area contributed by atoms with Crippen LogP contribution in [0.1, 0.15) is 5.56 Å². The first kappa shape index (κ1) is 16.5. The number of hydrogen-bond donors (Lipinski definition) is 2. The Hall–Kier alpha value is -1.57. The van der Waals surface area contributed by atoms with Gasteiger partial charge in [-0.05, 0) is 17.7 Å². The van der Waals surface area contributed by atoms with E-state index in [-0.39, 0.29) is 25.4 Å². The van der Waals surface area contributed by atoms with E-state index in [2.05, 4.69) is 21.2 Å². The van der Waals surface area contributed by atoms with E-state index >= 15 is 0 Å². The molecule has 0 spiro atoms. The third-order valence-corrected chi connectivity index (χ3v) is 2.74. The van der Waals surface area contributed by atoms with Crippen molar-refractivity contribution in [2.24, 2.45) is 0 Å². The predicted molar refractivity (Wildman–Crippen MR) is 69.9 cm³/mol. The monoisotopic (exact) mass is 352 g/mol. The molecular formula is C12H12BrF3N2O2. The van der Waals surface area contributed by atoms with Crippen molar-refractivity contribution in [1.82, 2.24) is 10.6 Å². The third kappa shape index (κ3) is 6.05. The van der Waals surface area contributed by atoms with Crippen LogP contribution in [0.4, 0.5) is 13.2 Å². The van der Waals surface area contributed by atoms with Gasteiger partial charge in [0.2, 0.25) is 5.91 Å². The topological polar surface area (TPSA) is 58.2 Å². The van der Waals surface area contributed by atoms with Gasteiger partial charge in [-0.1, -0.05) is 28.1 Å². The van der Waals surface area contributed by atoms with Crippen molar-refractivity contribution in [3.05, 3.63) is 34.3 Å². The number of nitrogens with one attached hydrogen (secondary N) is 2. The Kier molecular flexibility index (Phi) is 6.00. The van der Waals surface area contributed by atoms with Crippen molar-refractivity contribution >= 4 is 27.7 Å². The first-order valence-corrected chi connectivity index (χ1v) is 6.44. The fourth-order valence-corrected chi connectivity index (χ4v) is 1.82. The Morgan fingerprint density at radius 1 is 1.15 bits per heavy atom. The van der Waals surface area contributed by atoms with Crippen LogP contribution in [0.25, 0.3) is 0 Å². The highest BCUT2D eigenvalue weighted by molar-refractivity contribution is 9.10. The van der Waals surface area contributed by atoms with Gasteiger partial charge in [0, 0.05) is 17.6 Å². The number of halogens is 4. The largest absolute Gasteiger partial charge is 0.471 e. The fourth-order valence-electron chi connectivity index (χ4n) is 1.37. The van der Waals surface area contributed by atoms with Gasteiger partial charge < -0.3 is 10.6 Å². The van der Waals surface area contributed by atoms with Crippen molar-refractivity contribution in [3.8, 4) is 0 Å². The molecule has 2 amide bonds. The van der Waals surface area contributed by atoms with Crippen LogP contribution in [0.5, 0.6) is 0 Å². The summed E-state index contributed by atoms with van der Waals surface area (Å²) in [5.41, 5.74) is 0.774. The summed E-state index contributed by atoms with van der Waals surface area (Å²) in [7, 11) is 0. The van der Waals surface area contributed by atoms with Crippen LogP contribution in [0.15, 0.2) is 28.7 Å². The maximum atomic E-state index is 11.9. The molecule has 0 fully saturated rings. The Morgan fingerprint density at radius 3 is 2.40 bits per heavy atom. The minimum absolute atomic E-state index is 0.0609. The summed E-state index contributed by atoms with van der Waals surface area (Å²) in [5, 5.41) is 4.09. The SMILES string of the molecule is O=C(Cc1cccc(Br)c1)NCCNC(=O)C(F)(F)F. The molecule has 0 saturated heterocycles. The maximum absolute atomic E-state index is 11.9. The first-order chi connectivity index (χ1) is 9.29. The fraction of sp³-hybridized carbons (Fsp3) is 0.333. The average Bonchev–Trinajstić information content (AvgIpc) is 2.33. The van der Waals surface area contributed by atoms with E-state index in [1.807, 2.05) is 6.07 Å². The van der Waals surface area contributed by atoms with Crippen LogP contribution in [-0.4, -0.2) is 31.1 Å². The van der Waals surface area contributed by atoms with Gasteiger partial charge in [-0.15, -0.1) is 0 Å². The Balaban J connectivity index is 2.26. The van der Waals surface area contributed by atoms with Gasteiger partial charge in [0.1, 0.15) is 0 Å². The van der Waals surface area contributed by atoms with Crippen LogP contribution in [0.2, 0.25) is 0 Å². The molecule has 1 aromatic carbocycles. The van der Waals surface area contributed by atoms with E-state index in [9.17, 15) is 22.8 Å². The van der Waals surface area contributed by atoms with Crippen LogP contribution < -0.4 is 10.6 Å². The zero-order chi connectivity index (χ0) is 15.2. The second-order valence-electron chi connectivity index (χ2n) is 3.91. The van der Waals surface area contributed by atoms with E-state index in [1.54, 1.807) is 23.5 Å². The second kappa shape index (κ2) is 7.28. The summed E-state index contributed by atoms with van der Waals surface area (Å²) in [4.78, 5) is 22.0. The van der Waals surface area contributed by atoms with Crippen molar-refractivity contribution < 1.29 is 22.8 Å². The van der Waals surface area contributed by atoms with Crippen molar-refractivity contribution in [3.63, 3.8) is 0 Å². The number of amides is 2. The van der Waals surface area contributed by atoms with Gasteiger partial charge >= 0.3 is 12.1 Å². The number of benzene rings is 1. The van der Waals surface area contributed by atoms with E-state index in [4.69, 9.17) is 0 Å². The predicted octanol–water partition coefficient (Wildman–Crippen LogP) is 1.79. The molecule has 1 aromatic rings. The number of carbonyl (C=O) groups excluding carboxylic acids is 2. The zero-order valence-corrected chi connectivity index (χ0v) is 11.8. The maximum Gasteiger partial charge on any atom is 0.471 e. The molecule has 0 atom stereocenters. The van der Waals surface area contributed by atoms with Crippen LogP contribution in [0, 0.1) is 0 Å². The van der Waals surface area contributed by atoms with Crippen molar-refractivity contribution in [2.75, 3.05) is 13.1 Å². The molecule has 0 unspecified atom stereocenters. The molecule has 2 N–H and O–H groups in total. The molecule has 1 rings (SSSR count). The summed E-state index contributed by atoms with van der Waals surface area (Å²) < 4.78 is 36.4. The molecule has 0 aliphatic heterocycles. The lowest BCUT2D eigenvalue weighted by molar-refractivity contribution is -0.173. The minimum atomic E-state index is -4.90. The molecular weight excluding hydrogens is 341 g/mol. The third-order valence-electron chi connectivity index (χ3n) is 2.24. The molecule has 0 radical (unpaired) electrons. The van der Waals surface area contributed by atoms with Crippen LogP contribution in [0.3, 0.4) is 0 Å². The van der Waals surface area contributed by atoms with Crippen molar-refractivity contribution in [2.45, 2.75) is 12.6 Å². The quantitative estimate of drug-likeness (QED) is 0.793.